The Kier molecular flexibility index (Phi) is 5.87. The molecule has 0 aliphatic carbocycles. The van der Waals surface area contributed by atoms with E-state index in [1.54, 1.807) is 12.1 Å². The number of rotatable bonds is 6. The third kappa shape index (κ3) is 4.53. The second-order valence-electron chi connectivity index (χ2n) is 6.66. The maximum atomic E-state index is 12.7. The Balaban J connectivity index is 1.78. The number of fused-ring (bicyclic) bond motifs is 1. The SMILES string of the molecule is CCCCNC(=O)c1ccc(C)c(NC(=O)c2ccc3ccccc3c2)c1. The summed E-state index contributed by atoms with van der Waals surface area (Å²) in [5, 5.41) is 7.95. The topological polar surface area (TPSA) is 58.2 Å². The Hall–Kier alpha value is -3.14. The van der Waals surface area contributed by atoms with Crippen LogP contribution in [-0.4, -0.2) is 18.4 Å². The van der Waals surface area contributed by atoms with E-state index in [4.69, 9.17) is 0 Å². The van der Waals surface area contributed by atoms with Crippen LogP contribution < -0.4 is 10.6 Å². The Morgan fingerprint density at radius 2 is 1.56 bits per heavy atom. The third-order valence-electron chi connectivity index (χ3n) is 4.58. The van der Waals surface area contributed by atoms with Gasteiger partial charge in [0.2, 0.25) is 0 Å². The van der Waals surface area contributed by atoms with Gasteiger partial charge in [-0.2, -0.15) is 0 Å². The van der Waals surface area contributed by atoms with Crippen molar-refractivity contribution in [2.24, 2.45) is 0 Å². The number of carbonyl (C=O) groups is 2. The predicted octanol–water partition coefficient (Wildman–Crippen LogP) is 4.93. The summed E-state index contributed by atoms with van der Waals surface area (Å²) in [6.07, 6.45) is 1.98. The zero-order valence-electron chi connectivity index (χ0n) is 15.7. The van der Waals surface area contributed by atoms with Crippen molar-refractivity contribution in [1.29, 1.82) is 0 Å². The van der Waals surface area contributed by atoms with Gasteiger partial charge in [-0.05, 0) is 53.9 Å². The fourth-order valence-corrected chi connectivity index (χ4v) is 2.90. The zero-order chi connectivity index (χ0) is 19.2. The summed E-state index contributed by atoms with van der Waals surface area (Å²) < 4.78 is 0. The molecule has 0 fully saturated rings. The molecule has 0 saturated heterocycles. The van der Waals surface area contributed by atoms with Gasteiger partial charge in [0.15, 0.2) is 0 Å². The average molecular weight is 360 g/mol. The number of hydrogen-bond donors (Lipinski definition) is 2. The van der Waals surface area contributed by atoms with Gasteiger partial charge in [-0.3, -0.25) is 9.59 Å². The lowest BCUT2D eigenvalue weighted by molar-refractivity contribution is 0.0951. The Morgan fingerprint density at radius 1 is 0.852 bits per heavy atom. The number of anilines is 1. The normalized spacial score (nSPS) is 10.6. The van der Waals surface area contributed by atoms with Gasteiger partial charge in [0, 0.05) is 23.4 Å². The van der Waals surface area contributed by atoms with Crippen LogP contribution in [0, 0.1) is 6.92 Å². The van der Waals surface area contributed by atoms with Crippen molar-refractivity contribution in [2.45, 2.75) is 26.7 Å². The summed E-state index contributed by atoms with van der Waals surface area (Å²) >= 11 is 0. The lowest BCUT2D eigenvalue weighted by Crippen LogP contribution is -2.24. The van der Waals surface area contributed by atoms with Gasteiger partial charge in [-0.1, -0.05) is 49.7 Å². The Morgan fingerprint density at radius 3 is 2.33 bits per heavy atom. The number of amides is 2. The maximum Gasteiger partial charge on any atom is 0.255 e. The van der Waals surface area contributed by atoms with E-state index in [-0.39, 0.29) is 11.8 Å². The summed E-state index contributed by atoms with van der Waals surface area (Å²) in [4.78, 5) is 25.0. The standard InChI is InChI=1S/C23H24N2O2/c1-3-4-13-24-22(26)20-10-9-16(2)21(15-20)25-23(27)19-12-11-17-7-5-6-8-18(17)14-19/h5-12,14-15H,3-4,13H2,1-2H3,(H,24,26)(H,25,27). The van der Waals surface area contributed by atoms with Crippen molar-refractivity contribution in [3.05, 3.63) is 77.4 Å². The molecule has 0 aliphatic heterocycles. The predicted molar refractivity (Wildman–Crippen MR) is 110 cm³/mol. The van der Waals surface area contributed by atoms with Crippen molar-refractivity contribution in [3.63, 3.8) is 0 Å². The number of unbranched alkanes of at least 4 members (excludes halogenated alkanes) is 1. The molecule has 0 aliphatic rings. The van der Waals surface area contributed by atoms with Gasteiger partial charge in [-0.25, -0.2) is 0 Å². The smallest absolute Gasteiger partial charge is 0.255 e. The molecular weight excluding hydrogens is 336 g/mol. The zero-order valence-corrected chi connectivity index (χ0v) is 15.7. The van der Waals surface area contributed by atoms with E-state index in [1.165, 1.54) is 0 Å². The molecule has 0 aromatic heterocycles. The minimum Gasteiger partial charge on any atom is -0.352 e. The highest BCUT2D eigenvalue weighted by Crippen LogP contribution is 2.20. The van der Waals surface area contributed by atoms with Gasteiger partial charge in [0.25, 0.3) is 11.8 Å². The van der Waals surface area contributed by atoms with Crippen LogP contribution in [0.2, 0.25) is 0 Å². The molecule has 0 saturated carbocycles. The quantitative estimate of drug-likeness (QED) is 0.612. The first-order valence-corrected chi connectivity index (χ1v) is 9.27. The van der Waals surface area contributed by atoms with E-state index < -0.39 is 0 Å². The number of carbonyl (C=O) groups excluding carboxylic acids is 2. The van der Waals surface area contributed by atoms with Crippen LogP contribution in [-0.2, 0) is 0 Å². The van der Waals surface area contributed by atoms with Crippen LogP contribution in [0.15, 0.2) is 60.7 Å². The summed E-state index contributed by atoms with van der Waals surface area (Å²) in [6, 6.07) is 18.9. The van der Waals surface area contributed by atoms with Crippen LogP contribution in [0.1, 0.15) is 46.0 Å². The molecule has 0 spiro atoms. The molecule has 138 valence electrons. The second kappa shape index (κ2) is 8.49. The molecule has 3 rings (SSSR count). The molecule has 3 aromatic rings. The van der Waals surface area contributed by atoms with Crippen molar-refractivity contribution in [1.82, 2.24) is 5.32 Å². The lowest BCUT2D eigenvalue weighted by atomic mass is 10.1. The van der Waals surface area contributed by atoms with Gasteiger partial charge >= 0.3 is 0 Å². The molecule has 2 N–H and O–H groups in total. The third-order valence-corrected chi connectivity index (χ3v) is 4.58. The Bertz CT molecular complexity index is 979. The van der Waals surface area contributed by atoms with Crippen LogP contribution in [0.4, 0.5) is 5.69 Å². The van der Waals surface area contributed by atoms with Gasteiger partial charge in [0.1, 0.15) is 0 Å². The van der Waals surface area contributed by atoms with Crippen molar-refractivity contribution >= 4 is 28.3 Å². The summed E-state index contributed by atoms with van der Waals surface area (Å²) in [5.41, 5.74) is 2.70. The second-order valence-corrected chi connectivity index (χ2v) is 6.66. The summed E-state index contributed by atoms with van der Waals surface area (Å²) in [7, 11) is 0. The van der Waals surface area contributed by atoms with Crippen molar-refractivity contribution in [3.8, 4) is 0 Å². The number of benzene rings is 3. The fraction of sp³-hybridized carbons (Fsp3) is 0.217. The molecule has 27 heavy (non-hydrogen) atoms. The van der Waals surface area contributed by atoms with E-state index >= 15 is 0 Å². The summed E-state index contributed by atoms with van der Waals surface area (Å²) in [6.45, 7) is 4.65. The first-order valence-electron chi connectivity index (χ1n) is 9.27. The van der Waals surface area contributed by atoms with Crippen LogP contribution >= 0.6 is 0 Å². The first kappa shape index (κ1) is 18.6. The summed E-state index contributed by atoms with van der Waals surface area (Å²) in [5.74, 6) is -0.308. The molecule has 0 heterocycles. The average Bonchev–Trinajstić information content (AvgIpc) is 2.69. The monoisotopic (exact) mass is 360 g/mol. The molecule has 4 heteroatoms. The van der Waals surface area contributed by atoms with Crippen LogP contribution in [0.25, 0.3) is 10.8 Å². The Labute approximate surface area is 159 Å². The molecule has 3 aromatic carbocycles. The molecule has 0 unspecified atom stereocenters. The van der Waals surface area contributed by atoms with E-state index in [0.717, 1.165) is 29.2 Å². The van der Waals surface area contributed by atoms with Gasteiger partial charge < -0.3 is 10.6 Å². The molecule has 0 atom stereocenters. The largest absolute Gasteiger partial charge is 0.352 e. The van der Waals surface area contributed by atoms with Gasteiger partial charge in [-0.15, -0.1) is 0 Å². The molecule has 4 nitrogen and oxygen atoms in total. The maximum absolute atomic E-state index is 12.7. The number of hydrogen-bond acceptors (Lipinski definition) is 2. The number of aryl methyl sites for hydroxylation is 1. The minimum atomic E-state index is -0.188. The van der Waals surface area contributed by atoms with Gasteiger partial charge in [0.05, 0.1) is 0 Å². The fourth-order valence-electron chi connectivity index (χ4n) is 2.90. The van der Waals surface area contributed by atoms with E-state index in [1.807, 2.05) is 55.5 Å². The highest BCUT2D eigenvalue weighted by atomic mass is 16.2. The van der Waals surface area contributed by atoms with Crippen molar-refractivity contribution in [2.75, 3.05) is 11.9 Å². The highest BCUT2D eigenvalue weighted by molar-refractivity contribution is 6.07. The first-order chi connectivity index (χ1) is 13.1. The van der Waals surface area contributed by atoms with E-state index in [9.17, 15) is 9.59 Å². The van der Waals surface area contributed by atoms with Crippen molar-refractivity contribution < 1.29 is 9.59 Å². The van der Waals surface area contributed by atoms with E-state index in [2.05, 4.69) is 17.6 Å². The lowest BCUT2D eigenvalue weighted by Gasteiger charge is -2.11. The van der Waals surface area contributed by atoms with Crippen LogP contribution in [0.3, 0.4) is 0 Å². The molecular formula is C23H24N2O2. The minimum absolute atomic E-state index is 0.121. The highest BCUT2D eigenvalue weighted by Gasteiger charge is 2.12. The number of nitrogens with one attached hydrogen (secondary N) is 2. The molecule has 0 bridgehead atoms. The molecule has 2 amide bonds. The van der Waals surface area contributed by atoms with Crippen LogP contribution in [0.5, 0.6) is 0 Å². The molecule has 0 radical (unpaired) electrons. The van der Waals surface area contributed by atoms with E-state index in [0.29, 0.717) is 23.4 Å².